The number of nitrogens with one attached hydrogen (secondary N) is 1. The van der Waals surface area contributed by atoms with Gasteiger partial charge in [0, 0.05) is 58.3 Å². The topological polar surface area (TPSA) is 79.4 Å². The third-order valence-corrected chi connectivity index (χ3v) is 10.0. The Bertz CT molecular complexity index is 1820. The number of benzene rings is 4. The highest BCUT2D eigenvalue weighted by Gasteiger charge is 2.20. The summed E-state index contributed by atoms with van der Waals surface area (Å²) in [5.74, 6) is -0.312. The number of nitrogens with zero attached hydrogens (tertiary/aromatic N) is 2. The van der Waals surface area contributed by atoms with Crippen molar-refractivity contribution >= 4 is 39.3 Å². The molecule has 0 spiro atoms. The number of aryl methyl sites for hydroxylation is 2. The molecule has 5 rings (SSSR count). The zero-order valence-corrected chi connectivity index (χ0v) is 27.4. The average Bonchev–Trinajstić information content (AvgIpc) is 3.06. The van der Waals surface area contributed by atoms with Crippen LogP contribution in [0.25, 0.3) is 0 Å². The van der Waals surface area contributed by atoms with Gasteiger partial charge in [0.2, 0.25) is 0 Å². The van der Waals surface area contributed by atoms with Crippen LogP contribution in [0.5, 0.6) is 0 Å². The zero-order valence-electron chi connectivity index (χ0n) is 25.0. The number of sulfonamides is 1. The summed E-state index contributed by atoms with van der Waals surface area (Å²) in [6, 6.07) is 33.7. The monoisotopic (exact) mass is 673 g/mol. The highest BCUT2D eigenvalue weighted by atomic mass is 35.5. The van der Waals surface area contributed by atoms with Gasteiger partial charge in [0.15, 0.2) is 0 Å². The van der Waals surface area contributed by atoms with E-state index in [9.17, 15) is 17.6 Å². The second kappa shape index (κ2) is 16.0. The normalized spacial score (nSPS) is 11.5. The standard InChI is InChI=1S/C36H33ClFN3O3S2/c37-34-10-6-11-35(38)33(34)26-41(23-24-45-31-8-2-1-3-9-31)25-28-15-20-32(21-16-28)46(43,44)40-36(42)29-17-12-27(13-18-29)14-19-30-7-4-5-22-39-30/h1-13,15-18,20-22H,14,19,23-26H2,(H,40,42). The number of carbonyl (C=O) groups is 1. The number of thioether (sulfide) groups is 1. The van der Waals surface area contributed by atoms with Crippen LogP contribution in [-0.4, -0.2) is 36.5 Å². The summed E-state index contributed by atoms with van der Waals surface area (Å²) in [5, 5.41) is 0.358. The van der Waals surface area contributed by atoms with Gasteiger partial charge in [0.05, 0.1) is 4.90 Å². The van der Waals surface area contributed by atoms with Crippen molar-refractivity contribution in [2.75, 3.05) is 12.3 Å². The number of rotatable bonds is 14. The molecule has 0 aliphatic carbocycles. The Balaban J connectivity index is 1.21. The van der Waals surface area contributed by atoms with Crippen molar-refractivity contribution in [1.29, 1.82) is 0 Å². The minimum absolute atomic E-state index is 0.0279. The maximum absolute atomic E-state index is 14.6. The number of pyridine rings is 1. The summed E-state index contributed by atoms with van der Waals surface area (Å²) in [4.78, 5) is 20.3. The van der Waals surface area contributed by atoms with Crippen molar-refractivity contribution in [3.05, 3.63) is 160 Å². The van der Waals surface area contributed by atoms with E-state index in [4.69, 9.17) is 11.6 Å². The number of carbonyl (C=O) groups excluding carboxylic acids is 1. The number of hydrogen-bond acceptors (Lipinski definition) is 6. The smallest absolute Gasteiger partial charge is 0.264 e. The lowest BCUT2D eigenvalue weighted by molar-refractivity contribution is 0.0981. The highest BCUT2D eigenvalue weighted by Crippen LogP contribution is 2.24. The summed E-state index contributed by atoms with van der Waals surface area (Å²) >= 11 is 8.03. The molecule has 0 atom stereocenters. The van der Waals surface area contributed by atoms with E-state index in [2.05, 4.69) is 14.6 Å². The van der Waals surface area contributed by atoms with Gasteiger partial charge in [0.25, 0.3) is 15.9 Å². The highest BCUT2D eigenvalue weighted by molar-refractivity contribution is 7.99. The van der Waals surface area contributed by atoms with Crippen molar-refractivity contribution in [3.8, 4) is 0 Å². The van der Waals surface area contributed by atoms with Crippen molar-refractivity contribution < 1.29 is 17.6 Å². The van der Waals surface area contributed by atoms with Gasteiger partial charge in [-0.2, -0.15) is 0 Å². The van der Waals surface area contributed by atoms with Gasteiger partial charge in [-0.15, -0.1) is 11.8 Å². The molecule has 0 radical (unpaired) electrons. The largest absolute Gasteiger partial charge is 0.294 e. The van der Waals surface area contributed by atoms with Gasteiger partial charge in [0.1, 0.15) is 5.82 Å². The molecule has 1 aromatic heterocycles. The van der Waals surface area contributed by atoms with Crippen LogP contribution in [0, 0.1) is 5.82 Å². The average molecular weight is 674 g/mol. The third-order valence-electron chi connectivity index (χ3n) is 7.34. The fourth-order valence-corrected chi connectivity index (χ4v) is 6.98. The van der Waals surface area contributed by atoms with E-state index in [1.165, 1.54) is 18.2 Å². The van der Waals surface area contributed by atoms with E-state index in [1.54, 1.807) is 54.4 Å². The second-order valence-corrected chi connectivity index (χ2v) is 13.9. The Morgan fingerprint density at radius 2 is 1.52 bits per heavy atom. The van der Waals surface area contributed by atoms with Gasteiger partial charge in [-0.1, -0.05) is 66.2 Å². The molecule has 10 heteroatoms. The van der Waals surface area contributed by atoms with Crippen LogP contribution < -0.4 is 4.72 Å². The quantitative estimate of drug-likeness (QED) is 0.123. The van der Waals surface area contributed by atoms with E-state index in [0.717, 1.165) is 40.3 Å². The molecule has 1 amide bonds. The minimum atomic E-state index is -4.11. The number of aromatic nitrogens is 1. The summed E-state index contributed by atoms with van der Waals surface area (Å²) in [7, 11) is -4.11. The molecule has 0 aliphatic heterocycles. The molecular formula is C36H33ClFN3O3S2. The molecule has 0 fully saturated rings. The Kier molecular flexibility index (Phi) is 11.6. The predicted molar refractivity (Wildman–Crippen MR) is 182 cm³/mol. The van der Waals surface area contributed by atoms with Crippen LogP contribution in [0.4, 0.5) is 4.39 Å². The second-order valence-electron chi connectivity index (χ2n) is 10.7. The fourth-order valence-electron chi connectivity index (χ4n) is 4.84. The summed E-state index contributed by atoms with van der Waals surface area (Å²) in [6.45, 7) is 1.38. The molecule has 5 aromatic rings. The van der Waals surface area contributed by atoms with E-state index >= 15 is 0 Å². The maximum atomic E-state index is 14.6. The number of hydrogen-bond donors (Lipinski definition) is 1. The van der Waals surface area contributed by atoms with E-state index < -0.39 is 15.9 Å². The number of halogens is 2. The Morgan fingerprint density at radius 1 is 0.804 bits per heavy atom. The SMILES string of the molecule is O=C(NS(=O)(=O)c1ccc(CN(CCSc2ccccc2)Cc2c(F)cccc2Cl)cc1)c1ccc(CCc2ccccn2)cc1. The van der Waals surface area contributed by atoms with E-state index in [-0.39, 0.29) is 16.3 Å². The molecule has 0 saturated heterocycles. The van der Waals surface area contributed by atoms with Gasteiger partial charge in [-0.3, -0.25) is 14.7 Å². The van der Waals surface area contributed by atoms with Crippen molar-refractivity contribution in [2.24, 2.45) is 0 Å². The lowest BCUT2D eigenvalue weighted by Crippen LogP contribution is -2.30. The molecule has 0 aliphatic rings. The maximum Gasteiger partial charge on any atom is 0.264 e. The van der Waals surface area contributed by atoms with Crippen LogP contribution in [0.1, 0.15) is 32.7 Å². The van der Waals surface area contributed by atoms with E-state index in [0.29, 0.717) is 30.2 Å². The Labute approximate surface area is 278 Å². The Hall–Kier alpha value is -4.02. The first-order valence-electron chi connectivity index (χ1n) is 14.7. The first-order chi connectivity index (χ1) is 22.3. The number of amides is 1. The van der Waals surface area contributed by atoms with E-state index in [1.807, 2.05) is 60.7 Å². The van der Waals surface area contributed by atoms with Gasteiger partial charge >= 0.3 is 0 Å². The van der Waals surface area contributed by atoms with Gasteiger partial charge in [-0.25, -0.2) is 17.5 Å². The molecule has 0 unspecified atom stereocenters. The third kappa shape index (κ3) is 9.50. The molecule has 1 N–H and O–H groups in total. The minimum Gasteiger partial charge on any atom is -0.294 e. The van der Waals surface area contributed by atoms with Crippen molar-refractivity contribution in [3.63, 3.8) is 0 Å². The van der Waals surface area contributed by atoms with Crippen LogP contribution in [0.3, 0.4) is 0 Å². The first-order valence-corrected chi connectivity index (χ1v) is 17.6. The molecule has 46 heavy (non-hydrogen) atoms. The molecule has 6 nitrogen and oxygen atoms in total. The predicted octanol–water partition coefficient (Wildman–Crippen LogP) is 7.57. The summed E-state index contributed by atoms with van der Waals surface area (Å²) in [5.41, 5.74) is 3.50. The van der Waals surface area contributed by atoms with Crippen LogP contribution in [-0.2, 0) is 36.0 Å². The van der Waals surface area contributed by atoms with Gasteiger partial charge in [-0.05, 0) is 84.6 Å². The molecular weight excluding hydrogens is 641 g/mol. The first kappa shape index (κ1) is 33.3. The Morgan fingerprint density at radius 3 is 2.22 bits per heavy atom. The summed E-state index contributed by atoms with van der Waals surface area (Å²) in [6.07, 6.45) is 3.27. The van der Waals surface area contributed by atoms with Crippen LogP contribution >= 0.6 is 23.4 Å². The lowest BCUT2D eigenvalue weighted by atomic mass is 10.1. The van der Waals surface area contributed by atoms with Crippen LogP contribution in [0.2, 0.25) is 5.02 Å². The van der Waals surface area contributed by atoms with Crippen molar-refractivity contribution in [2.45, 2.75) is 35.7 Å². The summed E-state index contributed by atoms with van der Waals surface area (Å²) < 4.78 is 42.9. The van der Waals surface area contributed by atoms with Crippen molar-refractivity contribution in [1.82, 2.24) is 14.6 Å². The van der Waals surface area contributed by atoms with Crippen LogP contribution in [0.15, 0.2) is 131 Å². The van der Waals surface area contributed by atoms with Gasteiger partial charge < -0.3 is 0 Å². The fraction of sp³-hybridized carbons (Fsp3) is 0.167. The molecule has 1 heterocycles. The zero-order chi connectivity index (χ0) is 32.4. The lowest BCUT2D eigenvalue weighted by Gasteiger charge is -2.23. The molecule has 0 bridgehead atoms. The molecule has 4 aromatic carbocycles. The molecule has 236 valence electrons. The molecule has 0 saturated carbocycles.